The first-order valence-corrected chi connectivity index (χ1v) is 7.55. The molecule has 2 rings (SSSR count). The minimum atomic E-state index is -0.211. The molecule has 4 nitrogen and oxygen atoms in total. The van der Waals surface area contributed by atoms with Crippen molar-refractivity contribution in [3.8, 4) is 0 Å². The van der Waals surface area contributed by atoms with Gasteiger partial charge in [-0.15, -0.1) is 11.3 Å². The third kappa shape index (κ3) is 3.64. The summed E-state index contributed by atoms with van der Waals surface area (Å²) in [5, 5.41) is 0. The van der Waals surface area contributed by atoms with Gasteiger partial charge in [0.15, 0.2) is 5.78 Å². The van der Waals surface area contributed by atoms with E-state index in [1.54, 1.807) is 11.3 Å². The van der Waals surface area contributed by atoms with E-state index >= 15 is 0 Å². The number of nitrogens with zero attached hydrogens (tertiary/aromatic N) is 1. The second kappa shape index (κ2) is 6.30. The number of Topliss-reactive ketones (excluding diaryl/α,β-unsaturated/α-hetero) is 1. The van der Waals surface area contributed by atoms with Gasteiger partial charge in [-0.3, -0.25) is 14.5 Å². The van der Waals surface area contributed by atoms with Gasteiger partial charge in [-0.2, -0.15) is 0 Å². The van der Waals surface area contributed by atoms with Crippen molar-refractivity contribution in [2.75, 3.05) is 19.6 Å². The molecule has 1 aromatic rings. The number of primary amides is 1. The molecule has 1 amide bonds. The molecule has 1 aliphatic heterocycles. The highest BCUT2D eigenvalue weighted by atomic mass is 32.1. The zero-order valence-electron chi connectivity index (χ0n) is 11.2. The van der Waals surface area contributed by atoms with Crippen LogP contribution in [0, 0.1) is 5.92 Å². The summed E-state index contributed by atoms with van der Waals surface area (Å²) in [5.41, 5.74) is 5.30. The van der Waals surface area contributed by atoms with E-state index in [0.29, 0.717) is 6.54 Å². The average molecular weight is 280 g/mol. The van der Waals surface area contributed by atoms with E-state index in [4.69, 9.17) is 5.73 Å². The van der Waals surface area contributed by atoms with Crippen LogP contribution in [0.4, 0.5) is 0 Å². The lowest BCUT2D eigenvalue weighted by atomic mass is 9.96. The van der Waals surface area contributed by atoms with Gasteiger partial charge in [-0.05, 0) is 44.5 Å². The fourth-order valence-corrected chi connectivity index (χ4v) is 3.25. The second-order valence-corrected chi connectivity index (χ2v) is 6.16. The Balaban J connectivity index is 1.85. The molecule has 1 aliphatic rings. The van der Waals surface area contributed by atoms with Gasteiger partial charge < -0.3 is 5.73 Å². The number of carbonyl (C=O) groups is 2. The zero-order chi connectivity index (χ0) is 13.8. The SMILES string of the molecule is CCc1ccc(C(=O)CN2CCC(C(N)=O)CC2)s1. The highest BCUT2D eigenvalue weighted by molar-refractivity contribution is 7.14. The van der Waals surface area contributed by atoms with E-state index < -0.39 is 0 Å². The lowest BCUT2D eigenvalue weighted by Gasteiger charge is -2.29. The Bertz CT molecular complexity index is 462. The second-order valence-electron chi connectivity index (χ2n) is 5.00. The van der Waals surface area contributed by atoms with Crippen LogP contribution in [-0.2, 0) is 11.2 Å². The Morgan fingerprint density at radius 1 is 1.37 bits per heavy atom. The Labute approximate surface area is 117 Å². The molecule has 0 radical (unpaired) electrons. The van der Waals surface area contributed by atoms with Crippen molar-refractivity contribution in [2.45, 2.75) is 26.2 Å². The molecule has 1 aromatic heterocycles. The third-order valence-corrected chi connectivity index (χ3v) is 4.91. The number of ketones is 1. The van der Waals surface area contributed by atoms with Gasteiger partial charge in [0.1, 0.15) is 0 Å². The quantitative estimate of drug-likeness (QED) is 0.835. The van der Waals surface area contributed by atoms with Crippen LogP contribution in [0.2, 0.25) is 0 Å². The molecule has 0 bridgehead atoms. The molecule has 2 N–H and O–H groups in total. The molecule has 0 spiro atoms. The predicted molar refractivity (Wildman–Crippen MR) is 76.4 cm³/mol. The van der Waals surface area contributed by atoms with Gasteiger partial charge in [0.05, 0.1) is 11.4 Å². The van der Waals surface area contributed by atoms with Crippen LogP contribution in [-0.4, -0.2) is 36.2 Å². The Kier molecular flexibility index (Phi) is 4.71. The van der Waals surface area contributed by atoms with Crippen LogP contribution in [0.5, 0.6) is 0 Å². The predicted octanol–water partition coefficient (Wildman–Crippen LogP) is 1.69. The highest BCUT2D eigenvalue weighted by Gasteiger charge is 2.24. The molecular weight excluding hydrogens is 260 g/mol. The van der Waals surface area contributed by atoms with Crippen molar-refractivity contribution in [2.24, 2.45) is 11.7 Å². The summed E-state index contributed by atoms with van der Waals surface area (Å²) < 4.78 is 0. The molecule has 5 heteroatoms. The normalized spacial score (nSPS) is 17.5. The summed E-state index contributed by atoms with van der Waals surface area (Å²) in [6.07, 6.45) is 2.52. The number of piperidine rings is 1. The number of aryl methyl sites for hydroxylation is 1. The zero-order valence-corrected chi connectivity index (χ0v) is 12.0. The van der Waals surface area contributed by atoms with Crippen LogP contribution in [0.3, 0.4) is 0 Å². The van der Waals surface area contributed by atoms with Crippen molar-refractivity contribution in [3.63, 3.8) is 0 Å². The van der Waals surface area contributed by atoms with Crippen LogP contribution >= 0.6 is 11.3 Å². The Hall–Kier alpha value is -1.20. The largest absolute Gasteiger partial charge is 0.369 e. The molecule has 0 saturated carbocycles. The highest BCUT2D eigenvalue weighted by Crippen LogP contribution is 2.20. The molecule has 1 fully saturated rings. The molecular formula is C14H20N2O2S. The van der Waals surface area contributed by atoms with Crippen molar-refractivity contribution >= 4 is 23.0 Å². The molecule has 104 valence electrons. The average Bonchev–Trinajstić information content (AvgIpc) is 2.88. The number of amides is 1. The van der Waals surface area contributed by atoms with Crippen molar-refractivity contribution in [3.05, 3.63) is 21.9 Å². The lowest BCUT2D eigenvalue weighted by Crippen LogP contribution is -2.40. The van der Waals surface area contributed by atoms with E-state index in [2.05, 4.69) is 11.8 Å². The molecule has 0 atom stereocenters. The summed E-state index contributed by atoms with van der Waals surface area (Å²) >= 11 is 1.58. The van der Waals surface area contributed by atoms with Gasteiger partial charge >= 0.3 is 0 Å². The van der Waals surface area contributed by atoms with Crippen molar-refractivity contribution < 1.29 is 9.59 Å². The molecule has 19 heavy (non-hydrogen) atoms. The number of hydrogen-bond acceptors (Lipinski definition) is 4. The summed E-state index contributed by atoms with van der Waals surface area (Å²) in [4.78, 5) is 27.4. The van der Waals surface area contributed by atoms with Crippen LogP contribution in [0.15, 0.2) is 12.1 Å². The number of hydrogen-bond donors (Lipinski definition) is 1. The standard InChI is InChI=1S/C14H20N2O2S/c1-2-11-3-4-13(19-11)12(17)9-16-7-5-10(6-8-16)14(15)18/h3-4,10H,2,5-9H2,1H3,(H2,15,18). The Morgan fingerprint density at radius 3 is 2.58 bits per heavy atom. The smallest absolute Gasteiger partial charge is 0.220 e. The van der Waals surface area contributed by atoms with E-state index in [1.165, 1.54) is 4.88 Å². The number of likely N-dealkylation sites (tertiary alicyclic amines) is 1. The fraction of sp³-hybridized carbons (Fsp3) is 0.571. The van der Waals surface area contributed by atoms with E-state index in [1.807, 2.05) is 12.1 Å². The number of rotatable bonds is 5. The van der Waals surface area contributed by atoms with Crippen LogP contribution in [0.1, 0.15) is 34.3 Å². The summed E-state index contributed by atoms with van der Waals surface area (Å²) in [5.74, 6) is -0.0428. The van der Waals surface area contributed by atoms with Crippen LogP contribution < -0.4 is 5.73 Å². The lowest BCUT2D eigenvalue weighted by molar-refractivity contribution is -0.123. The van der Waals surface area contributed by atoms with Crippen LogP contribution in [0.25, 0.3) is 0 Å². The van der Waals surface area contributed by atoms with Gasteiger partial charge in [0, 0.05) is 10.8 Å². The van der Waals surface area contributed by atoms with Crippen molar-refractivity contribution in [1.82, 2.24) is 4.90 Å². The maximum absolute atomic E-state index is 12.1. The molecule has 2 heterocycles. The molecule has 1 saturated heterocycles. The van der Waals surface area contributed by atoms with Gasteiger partial charge in [0.25, 0.3) is 0 Å². The Morgan fingerprint density at radius 2 is 2.05 bits per heavy atom. The monoisotopic (exact) mass is 280 g/mol. The fourth-order valence-electron chi connectivity index (χ4n) is 2.37. The summed E-state index contributed by atoms with van der Waals surface area (Å²) in [6.45, 7) is 4.11. The molecule has 0 unspecified atom stereocenters. The van der Waals surface area contributed by atoms with Gasteiger partial charge in [0.2, 0.25) is 5.91 Å². The third-order valence-electron chi connectivity index (χ3n) is 3.64. The number of carbonyl (C=O) groups excluding carboxylic acids is 2. The summed E-state index contributed by atoms with van der Waals surface area (Å²) in [7, 11) is 0. The minimum absolute atomic E-state index is 0.0141. The first kappa shape index (κ1) is 14.2. The minimum Gasteiger partial charge on any atom is -0.369 e. The van der Waals surface area contributed by atoms with Gasteiger partial charge in [-0.1, -0.05) is 6.92 Å². The molecule has 0 aliphatic carbocycles. The van der Waals surface area contributed by atoms with E-state index in [0.717, 1.165) is 37.2 Å². The molecule has 0 aromatic carbocycles. The topological polar surface area (TPSA) is 63.4 Å². The summed E-state index contributed by atoms with van der Waals surface area (Å²) in [6, 6.07) is 3.94. The van der Waals surface area contributed by atoms with E-state index in [-0.39, 0.29) is 17.6 Å². The number of nitrogens with two attached hydrogens (primary N) is 1. The maximum atomic E-state index is 12.1. The van der Waals surface area contributed by atoms with E-state index in [9.17, 15) is 9.59 Å². The first-order chi connectivity index (χ1) is 9.10. The van der Waals surface area contributed by atoms with Gasteiger partial charge in [-0.25, -0.2) is 0 Å². The number of thiophene rings is 1. The van der Waals surface area contributed by atoms with Crippen molar-refractivity contribution in [1.29, 1.82) is 0 Å². The first-order valence-electron chi connectivity index (χ1n) is 6.73. The maximum Gasteiger partial charge on any atom is 0.220 e.